The normalized spacial score (nSPS) is 14.3. The maximum Gasteiger partial charge on any atom is 0.238 e. The second kappa shape index (κ2) is 12.4. The van der Waals surface area contributed by atoms with Gasteiger partial charge in [-0.05, 0) is 59.7 Å². The minimum Gasteiger partial charge on any atom is -0.436 e. The van der Waals surface area contributed by atoms with E-state index < -0.39 is 0 Å². The van der Waals surface area contributed by atoms with E-state index in [0.717, 1.165) is 89.2 Å². The van der Waals surface area contributed by atoms with Crippen molar-refractivity contribution < 1.29 is 4.42 Å². The number of para-hydroxylation sites is 5. The van der Waals surface area contributed by atoms with Crippen LogP contribution in [0.5, 0.6) is 0 Å². The fourth-order valence-electron chi connectivity index (χ4n) is 8.67. The Bertz CT molecular complexity index is 3440. The first-order chi connectivity index (χ1) is 28.3. The van der Waals surface area contributed by atoms with Gasteiger partial charge in [0.2, 0.25) is 11.8 Å². The number of aromatic nitrogens is 6. The Morgan fingerprint density at radius 2 is 1.25 bits per heavy atom. The molecule has 1 aliphatic carbocycles. The number of allylic oxidation sites excluding steroid dienone is 4. The molecule has 12 rings (SSSR count). The zero-order valence-corrected chi connectivity index (χ0v) is 30.6. The number of hydrogen-bond acceptors (Lipinski definition) is 5. The van der Waals surface area contributed by atoms with Crippen LogP contribution in [-0.4, -0.2) is 29.1 Å². The van der Waals surface area contributed by atoms with Gasteiger partial charge in [-0.2, -0.15) is 9.97 Å². The number of nitrogens with zero attached hydrogens (tertiary/aromatic N) is 6. The number of fused-ring (bicyclic) bond motifs is 9. The van der Waals surface area contributed by atoms with Gasteiger partial charge in [0.05, 0.1) is 33.3 Å². The Morgan fingerprint density at radius 1 is 0.544 bits per heavy atom. The van der Waals surface area contributed by atoms with Crippen LogP contribution in [0.25, 0.3) is 100.0 Å². The monoisotopic (exact) mass is 732 g/mol. The van der Waals surface area contributed by atoms with Gasteiger partial charge >= 0.3 is 0 Å². The molecule has 0 aliphatic heterocycles. The van der Waals surface area contributed by atoms with E-state index in [9.17, 15) is 0 Å². The van der Waals surface area contributed by atoms with E-state index in [1.807, 2.05) is 30.3 Å². The average molecular weight is 733 g/mol. The van der Waals surface area contributed by atoms with Crippen LogP contribution in [0.15, 0.2) is 180 Å². The summed E-state index contributed by atoms with van der Waals surface area (Å²) in [6.07, 6.45) is 9.36. The fourth-order valence-corrected chi connectivity index (χ4v) is 8.67. The van der Waals surface area contributed by atoms with Crippen molar-refractivity contribution in [3.63, 3.8) is 0 Å². The topological polar surface area (TPSA) is 74.6 Å². The SMILES string of the molecule is C1=CCC(c2nc(-c3ccc4ccccc4c3)nc(-n3c4ccccc4c4ccc5c6ccccc6n(-c6ccccc6-c6nc7ccccc7o6)c5c43)n2)C=C1. The van der Waals surface area contributed by atoms with E-state index >= 15 is 0 Å². The van der Waals surface area contributed by atoms with Gasteiger partial charge in [0, 0.05) is 33.0 Å². The summed E-state index contributed by atoms with van der Waals surface area (Å²) < 4.78 is 11.1. The second-order valence-corrected chi connectivity index (χ2v) is 14.6. The van der Waals surface area contributed by atoms with Crippen LogP contribution in [0.4, 0.5) is 0 Å². The molecule has 0 amide bonds. The third-order valence-electron chi connectivity index (χ3n) is 11.3. The first-order valence-electron chi connectivity index (χ1n) is 19.3. The maximum atomic E-state index is 6.43. The third kappa shape index (κ3) is 4.92. The van der Waals surface area contributed by atoms with Crippen molar-refractivity contribution in [3.8, 4) is 34.5 Å². The molecular weight excluding hydrogens is 701 g/mol. The Labute approximate surface area is 326 Å². The molecule has 7 nitrogen and oxygen atoms in total. The van der Waals surface area contributed by atoms with Gasteiger partial charge < -0.3 is 8.98 Å². The van der Waals surface area contributed by atoms with Crippen molar-refractivity contribution in [1.29, 1.82) is 0 Å². The van der Waals surface area contributed by atoms with E-state index in [2.05, 4.69) is 155 Å². The molecule has 7 heteroatoms. The largest absolute Gasteiger partial charge is 0.436 e. The van der Waals surface area contributed by atoms with Gasteiger partial charge in [0.1, 0.15) is 11.3 Å². The third-order valence-corrected chi connectivity index (χ3v) is 11.3. The summed E-state index contributed by atoms with van der Waals surface area (Å²) in [5.74, 6) is 2.54. The number of hydrogen-bond donors (Lipinski definition) is 0. The number of rotatable bonds is 5. The fraction of sp³-hybridized carbons (Fsp3) is 0.0400. The van der Waals surface area contributed by atoms with Crippen molar-refractivity contribution in [2.24, 2.45) is 0 Å². The van der Waals surface area contributed by atoms with Crippen LogP contribution in [0.1, 0.15) is 18.2 Å². The average Bonchev–Trinajstić information content (AvgIpc) is 3.97. The van der Waals surface area contributed by atoms with E-state index in [1.165, 1.54) is 5.39 Å². The molecule has 1 atom stereocenters. The van der Waals surface area contributed by atoms with Crippen molar-refractivity contribution in [2.45, 2.75) is 12.3 Å². The molecule has 4 aromatic heterocycles. The van der Waals surface area contributed by atoms with Gasteiger partial charge in [0.25, 0.3) is 0 Å². The minimum absolute atomic E-state index is 0.0127. The number of oxazole rings is 1. The lowest BCUT2D eigenvalue weighted by atomic mass is 10.00. The van der Waals surface area contributed by atoms with Crippen LogP contribution in [0, 0.1) is 0 Å². The molecule has 0 fully saturated rings. The molecule has 0 saturated heterocycles. The van der Waals surface area contributed by atoms with Crippen LogP contribution < -0.4 is 0 Å². The second-order valence-electron chi connectivity index (χ2n) is 14.6. The summed E-state index contributed by atoms with van der Waals surface area (Å²) in [7, 11) is 0. The van der Waals surface area contributed by atoms with E-state index in [4.69, 9.17) is 24.4 Å². The highest BCUT2D eigenvalue weighted by Gasteiger charge is 2.26. The first-order valence-corrected chi connectivity index (χ1v) is 19.3. The Hall–Kier alpha value is -7.64. The Balaban J connectivity index is 1.20. The molecule has 57 heavy (non-hydrogen) atoms. The summed E-state index contributed by atoms with van der Waals surface area (Å²) in [6.45, 7) is 0. The molecule has 4 heterocycles. The van der Waals surface area contributed by atoms with Gasteiger partial charge in [-0.1, -0.05) is 133 Å². The zero-order valence-electron chi connectivity index (χ0n) is 30.6. The molecule has 11 aromatic rings. The highest BCUT2D eigenvalue weighted by Crippen LogP contribution is 2.43. The highest BCUT2D eigenvalue weighted by molar-refractivity contribution is 6.23. The van der Waals surface area contributed by atoms with E-state index in [0.29, 0.717) is 17.7 Å². The van der Waals surface area contributed by atoms with Crippen molar-refractivity contribution in [1.82, 2.24) is 29.1 Å². The van der Waals surface area contributed by atoms with Gasteiger partial charge in [0.15, 0.2) is 11.4 Å². The molecule has 0 N–H and O–H groups in total. The lowest BCUT2D eigenvalue weighted by molar-refractivity contribution is 0.619. The lowest BCUT2D eigenvalue weighted by Gasteiger charge is -2.16. The highest BCUT2D eigenvalue weighted by atomic mass is 16.3. The number of benzene rings is 7. The van der Waals surface area contributed by atoms with Gasteiger partial charge in [-0.3, -0.25) is 4.57 Å². The van der Waals surface area contributed by atoms with Crippen LogP contribution in [-0.2, 0) is 0 Å². The summed E-state index contributed by atoms with van der Waals surface area (Å²) in [6, 6.07) is 52.8. The van der Waals surface area contributed by atoms with E-state index in [1.54, 1.807) is 0 Å². The zero-order chi connectivity index (χ0) is 37.5. The standard InChI is InChI=1S/C50H32N6O/c1-2-15-32(16-3-1)47-52-48(34-27-26-31-14-4-5-17-33(31)30-34)54-50(53-47)56-42-23-11-7-19-36(42)38-29-28-37-35-18-6-10-22-41(35)55(45(37)46(38)56)43-24-12-8-20-39(43)49-51-40-21-9-13-25-44(40)57-49/h1-15,17-30,32H,16H2. The van der Waals surface area contributed by atoms with Crippen molar-refractivity contribution in [3.05, 3.63) is 182 Å². The van der Waals surface area contributed by atoms with Crippen LogP contribution in [0.3, 0.4) is 0 Å². The molecule has 1 unspecified atom stereocenters. The first kappa shape index (κ1) is 31.7. The molecule has 0 bridgehead atoms. The van der Waals surface area contributed by atoms with E-state index in [-0.39, 0.29) is 5.92 Å². The Morgan fingerprint density at radius 3 is 2.05 bits per heavy atom. The molecule has 0 radical (unpaired) electrons. The quantitative estimate of drug-likeness (QED) is 0.176. The minimum atomic E-state index is 0.0127. The Kier molecular flexibility index (Phi) is 6.92. The summed E-state index contributed by atoms with van der Waals surface area (Å²) in [5, 5.41) is 6.81. The molecular formula is C50H32N6O. The van der Waals surface area contributed by atoms with Gasteiger partial charge in [-0.25, -0.2) is 9.97 Å². The van der Waals surface area contributed by atoms with Crippen molar-refractivity contribution in [2.75, 3.05) is 0 Å². The van der Waals surface area contributed by atoms with Gasteiger partial charge in [-0.15, -0.1) is 0 Å². The smallest absolute Gasteiger partial charge is 0.238 e. The lowest BCUT2D eigenvalue weighted by Crippen LogP contribution is -2.11. The van der Waals surface area contributed by atoms with Crippen LogP contribution >= 0.6 is 0 Å². The maximum absolute atomic E-state index is 6.43. The predicted octanol–water partition coefficient (Wildman–Crippen LogP) is 12.3. The van der Waals surface area contributed by atoms with Crippen LogP contribution in [0.2, 0.25) is 0 Å². The molecule has 0 saturated carbocycles. The molecule has 0 spiro atoms. The molecule has 7 aromatic carbocycles. The molecule has 268 valence electrons. The summed E-state index contributed by atoms with van der Waals surface area (Å²) in [4.78, 5) is 20.9. The summed E-state index contributed by atoms with van der Waals surface area (Å²) >= 11 is 0. The summed E-state index contributed by atoms with van der Waals surface area (Å²) in [5.41, 5.74) is 8.53. The van der Waals surface area contributed by atoms with Crippen molar-refractivity contribution >= 4 is 65.5 Å². The molecule has 1 aliphatic rings. The predicted molar refractivity (Wildman–Crippen MR) is 230 cm³/mol.